The molecule has 1 fully saturated rings. The summed E-state index contributed by atoms with van der Waals surface area (Å²) in [6.45, 7) is 1.25. The Morgan fingerprint density at radius 2 is 2.29 bits per heavy atom. The number of anilines is 3. The van der Waals surface area contributed by atoms with E-state index in [0.717, 1.165) is 19.4 Å². The molecule has 1 atom stereocenters. The molecule has 3 aromatic rings. The van der Waals surface area contributed by atoms with Crippen molar-refractivity contribution in [3.8, 4) is 0 Å². The number of fused-ring (bicyclic) bond motifs is 1. The van der Waals surface area contributed by atoms with Crippen LogP contribution in [0.25, 0.3) is 5.65 Å². The third kappa shape index (κ3) is 3.18. The summed E-state index contributed by atoms with van der Waals surface area (Å²) in [5.41, 5.74) is 6.13. The summed E-state index contributed by atoms with van der Waals surface area (Å²) in [5, 5.41) is 10.2. The molecule has 10 nitrogen and oxygen atoms in total. The quantitative estimate of drug-likeness (QED) is 0.602. The predicted molar refractivity (Wildman–Crippen MR) is 104 cm³/mol. The maximum absolute atomic E-state index is 12.9. The van der Waals surface area contributed by atoms with Crippen molar-refractivity contribution in [2.75, 3.05) is 30.9 Å². The number of amides is 1. The van der Waals surface area contributed by atoms with Gasteiger partial charge in [0.2, 0.25) is 0 Å². The lowest BCUT2D eigenvalue weighted by Gasteiger charge is -2.24. The number of aromatic nitrogens is 4. The molecule has 4 N–H and O–H groups in total. The SMILES string of the molecule is CNc1cc(Nc2cccn([C@H]3CCCOC3)c2=O)nc2c(C(N)=O)cnn12. The van der Waals surface area contributed by atoms with Gasteiger partial charge in [0.05, 0.1) is 18.8 Å². The van der Waals surface area contributed by atoms with Crippen LogP contribution in [0.1, 0.15) is 29.2 Å². The highest BCUT2D eigenvalue weighted by Gasteiger charge is 2.19. The maximum Gasteiger partial charge on any atom is 0.274 e. The van der Waals surface area contributed by atoms with Gasteiger partial charge in [-0.05, 0) is 25.0 Å². The average molecular weight is 383 g/mol. The van der Waals surface area contributed by atoms with Gasteiger partial charge in [0, 0.05) is 25.9 Å². The molecule has 4 heterocycles. The van der Waals surface area contributed by atoms with Gasteiger partial charge in [0.25, 0.3) is 11.5 Å². The van der Waals surface area contributed by atoms with Gasteiger partial charge < -0.3 is 25.7 Å². The lowest BCUT2D eigenvalue weighted by atomic mass is 10.1. The van der Waals surface area contributed by atoms with Crippen LogP contribution in [0.5, 0.6) is 0 Å². The number of nitrogens with one attached hydrogen (secondary N) is 2. The Hall–Kier alpha value is -3.40. The first-order chi connectivity index (χ1) is 13.6. The summed E-state index contributed by atoms with van der Waals surface area (Å²) in [6, 6.07) is 5.22. The third-order valence-corrected chi connectivity index (χ3v) is 4.76. The zero-order valence-electron chi connectivity index (χ0n) is 15.4. The Morgan fingerprint density at radius 1 is 1.43 bits per heavy atom. The molecule has 0 bridgehead atoms. The molecule has 0 saturated carbocycles. The van der Waals surface area contributed by atoms with Crippen LogP contribution in [0.3, 0.4) is 0 Å². The minimum Gasteiger partial charge on any atom is -0.379 e. The second-order valence-corrected chi connectivity index (χ2v) is 6.56. The van der Waals surface area contributed by atoms with Gasteiger partial charge in [0.1, 0.15) is 22.9 Å². The number of carbonyl (C=O) groups excluding carboxylic acids is 1. The number of primary amides is 1. The van der Waals surface area contributed by atoms with Crippen molar-refractivity contribution in [2.24, 2.45) is 5.73 Å². The van der Waals surface area contributed by atoms with Crippen LogP contribution in [0.2, 0.25) is 0 Å². The topological polar surface area (TPSA) is 129 Å². The van der Waals surface area contributed by atoms with Crippen molar-refractivity contribution < 1.29 is 9.53 Å². The predicted octanol–water partition coefficient (Wildman–Crippen LogP) is 1.13. The first-order valence-corrected chi connectivity index (χ1v) is 9.00. The van der Waals surface area contributed by atoms with Crippen LogP contribution in [0.4, 0.5) is 17.3 Å². The Morgan fingerprint density at radius 3 is 3.00 bits per heavy atom. The first kappa shape index (κ1) is 18.0. The molecule has 0 spiro atoms. The Bertz CT molecular complexity index is 1080. The molecule has 1 amide bonds. The monoisotopic (exact) mass is 383 g/mol. The zero-order valence-corrected chi connectivity index (χ0v) is 15.4. The van der Waals surface area contributed by atoms with E-state index < -0.39 is 5.91 Å². The van der Waals surface area contributed by atoms with E-state index in [2.05, 4.69) is 20.7 Å². The summed E-state index contributed by atoms with van der Waals surface area (Å²) >= 11 is 0. The fourth-order valence-corrected chi connectivity index (χ4v) is 3.35. The molecule has 0 unspecified atom stereocenters. The summed E-state index contributed by atoms with van der Waals surface area (Å²) in [6.07, 6.45) is 4.96. The number of nitrogens with two attached hydrogens (primary N) is 1. The van der Waals surface area contributed by atoms with Gasteiger partial charge in [-0.3, -0.25) is 9.59 Å². The van der Waals surface area contributed by atoms with Crippen LogP contribution in [-0.2, 0) is 4.74 Å². The van der Waals surface area contributed by atoms with Crippen molar-refractivity contribution in [3.05, 3.63) is 46.5 Å². The number of hydrogen-bond acceptors (Lipinski definition) is 7. The number of pyridine rings is 1. The highest BCUT2D eigenvalue weighted by molar-refractivity contribution is 5.98. The van der Waals surface area contributed by atoms with E-state index in [1.807, 2.05) is 6.07 Å². The average Bonchev–Trinajstić information content (AvgIpc) is 3.14. The minimum atomic E-state index is -0.624. The van der Waals surface area contributed by atoms with E-state index in [4.69, 9.17) is 10.5 Å². The number of hydrogen-bond donors (Lipinski definition) is 3. The van der Waals surface area contributed by atoms with Crippen molar-refractivity contribution >= 4 is 28.9 Å². The van der Waals surface area contributed by atoms with Crippen molar-refractivity contribution in [1.82, 2.24) is 19.2 Å². The zero-order chi connectivity index (χ0) is 19.7. The third-order valence-electron chi connectivity index (χ3n) is 4.76. The van der Waals surface area contributed by atoms with Crippen LogP contribution in [0, 0.1) is 0 Å². The van der Waals surface area contributed by atoms with Crippen LogP contribution in [-0.4, -0.2) is 45.3 Å². The molecule has 1 saturated heterocycles. The van der Waals surface area contributed by atoms with Gasteiger partial charge in [-0.2, -0.15) is 9.61 Å². The van der Waals surface area contributed by atoms with Crippen LogP contribution < -0.4 is 21.9 Å². The van der Waals surface area contributed by atoms with E-state index in [0.29, 0.717) is 29.6 Å². The molecular formula is C18H21N7O3. The maximum atomic E-state index is 12.9. The molecule has 3 aromatic heterocycles. The van der Waals surface area contributed by atoms with Gasteiger partial charge in [-0.1, -0.05) is 0 Å². The summed E-state index contributed by atoms with van der Waals surface area (Å²) in [4.78, 5) is 29.0. The molecule has 1 aliphatic heterocycles. The first-order valence-electron chi connectivity index (χ1n) is 9.00. The van der Waals surface area contributed by atoms with Crippen LogP contribution >= 0.6 is 0 Å². The largest absolute Gasteiger partial charge is 0.379 e. The molecule has 146 valence electrons. The summed E-state index contributed by atoms with van der Waals surface area (Å²) in [7, 11) is 1.72. The number of carbonyl (C=O) groups is 1. The second-order valence-electron chi connectivity index (χ2n) is 6.56. The highest BCUT2D eigenvalue weighted by Crippen LogP contribution is 2.22. The van der Waals surface area contributed by atoms with Crippen molar-refractivity contribution in [3.63, 3.8) is 0 Å². The fraction of sp³-hybridized carbons (Fsp3) is 0.333. The van der Waals surface area contributed by atoms with E-state index in [1.165, 1.54) is 10.7 Å². The number of rotatable bonds is 5. The molecule has 0 aliphatic carbocycles. The van der Waals surface area contributed by atoms with E-state index in [9.17, 15) is 9.59 Å². The number of nitrogens with zero attached hydrogens (tertiary/aromatic N) is 4. The molecule has 0 aromatic carbocycles. The van der Waals surface area contributed by atoms with Crippen LogP contribution in [0.15, 0.2) is 35.4 Å². The Kier molecular flexibility index (Phi) is 4.70. The summed E-state index contributed by atoms with van der Waals surface area (Å²) in [5.74, 6) is 0.368. The lowest BCUT2D eigenvalue weighted by Crippen LogP contribution is -2.31. The number of ether oxygens (including phenoxy) is 1. The van der Waals surface area contributed by atoms with Crippen molar-refractivity contribution in [2.45, 2.75) is 18.9 Å². The highest BCUT2D eigenvalue weighted by atomic mass is 16.5. The second kappa shape index (κ2) is 7.31. The summed E-state index contributed by atoms with van der Waals surface area (Å²) < 4.78 is 8.67. The fourth-order valence-electron chi connectivity index (χ4n) is 3.35. The van der Waals surface area contributed by atoms with E-state index >= 15 is 0 Å². The normalized spacial score (nSPS) is 16.8. The molecular weight excluding hydrogens is 362 g/mol. The minimum absolute atomic E-state index is 0.0163. The smallest absolute Gasteiger partial charge is 0.274 e. The van der Waals surface area contributed by atoms with Crippen molar-refractivity contribution in [1.29, 1.82) is 0 Å². The van der Waals surface area contributed by atoms with Gasteiger partial charge in [-0.15, -0.1) is 0 Å². The Balaban J connectivity index is 1.73. The Labute approximate surface area is 160 Å². The molecule has 4 rings (SSSR count). The lowest BCUT2D eigenvalue weighted by molar-refractivity contribution is 0.0581. The molecule has 1 aliphatic rings. The molecule has 28 heavy (non-hydrogen) atoms. The van der Waals surface area contributed by atoms with Gasteiger partial charge in [0.15, 0.2) is 5.65 Å². The molecule has 0 radical (unpaired) electrons. The van der Waals surface area contributed by atoms with E-state index in [-0.39, 0.29) is 17.2 Å². The van der Waals surface area contributed by atoms with Gasteiger partial charge >= 0.3 is 0 Å². The standard InChI is InChI=1S/C18H21N7O3/c1-20-15-8-14(23-17-12(16(19)26)9-21-25(15)17)22-13-5-2-6-24(18(13)27)11-4-3-7-28-10-11/h2,5-6,8-9,11,20H,3-4,7,10H2,1H3,(H2,19,26)(H,22,23)/t11-/m0/s1. The van der Waals surface area contributed by atoms with E-state index in [1.54, 1.807) is 29.9 Å². The molecule has 10 heteroatoms. The van der Waals surface area contributed by atoms with Gasteiger partial charge in [-0.25, -0.2) is 4.98 Å².